The smallest absolute Gasteiger partial charge is 0.101 e. The number of piperidine rings is 1. The molecule has 0 aliphatic carbocycles. The van der Waals surface area contributed by atoms with Crippen LogP contribution in [0.2, 0.25) is 5.02 Å². The number of hydrogen-bond acceptors (Lipinski definition) is 3. The van der Waals surface area contributed by atoms with Crippen LogP contribution in [0.1, 0.15) is 18.9 Å². The zero-order valence-corrected chi connectivity index (χ0v) is 10.5. The quantitative estimate of drug-likeness (QED) is 0.833. The van der Waals surface area contributed by atoms with E-state index in [-0.39, 0.29) is 12.0 Å². The first-order valence-corrected chi connectivity index (χ1v) is 6.12. The molecular formula is C13H15ClN2O. The van der Waals surface area contributed by atoms with Crippen molar-refractivity contribution in [1.29, 1.82) is 5.26 Å². The summed E-state index contributed by atoms with van der Waals surface area (Å²) in [5, 5.41) is 19.4. The van der Waals surface area contributed by atoms with E-state index < -0.39 is 0 Å². The average Bonchev–Trinajstić information content (AvgIpc) is 2.32. The standard InChI is InChI=1S/C13H15ClN2O/c1-9-8-16(5-4-13(9)17)12-6-11(14)3-2-10(12)7-15/h2-3,6,9,13,17H,4-5,8H2,1H3. The van der Waals surface area contributed by atoms with Crippen molar-refractivity contribution in [1.82, 2.24) is 0 Å². The van der Waals surface area contributed by atoms with Crippen LogP contribution in [0.4, 0.5) is 5.69 Å². The third-order valence-electron chi connectivity index (χ3n) is 3.28. The van der Waals surface area contributed by atoms with E-state index in [1.54, 1.807) is 12.1 Å². The van der Waals surface area contributed by atoms with Gasteiger partial charge in [0, 0.05) is 18.1 Å². The fraction of sp³-hybridized carbons (Fsp3) is 0.462. The molecule has 0 spiro atoms. The molecule has 1 aromatic carbocycles. The Kier molecular flexibility index (Phi) is 3.56. The van der Waals surface area contributed by atoms with Gasteiger partial charge in [-0.25, -0.2) is 0 Å². The number of rotatable bonds is 1. The number of hydrogen-bond donors (Lipinski definition) is 1. The summed E-state index contributed by atoms with van der Waals surface area (Å²) in [5.41, 5.74) is 1.51. The second-order valence-corrected chi connectivity index (χ2v) is 4.99. The lowest BCUT2D eigenvalue weighted by Gasteiger charge is -2.36. The van der Waals surface area contributed by atoms with E-state index in [2.05, 4.69) is 11.0 Å². The fourth-order valence-corrected chi connectivity index (χ4v) is 2.38. The molecule has 0 bridgehead atoms. The monoisotopic (exact) mass is 250 g/mol. The van der Waals surface area contributed by atoms with Crippen LogP contribution in [-0.4, -0.2) is 24.3 Å². The van der Waals surface area contributed by atoms with Crippen LogP contribution < -0.4 is 4.90 Å². The third-order valence-corrected chi connectivity index (χ3v) is 3.52. The van der Waals surface area contributed by atoms with Crippen molar-refractivity contribution in [3.8, 4) is 6.07 Å². The first kappa shape index (κ1) is 12.2. The van der Waals surface area contributed by atoms with E-state index in [4.69, 9.17) is 16.9 Å². The van der Waals surface area contributed by atoms with Gasteiger partial charge in [-0.15, -0.1) is 0 Å². The van der Waals surface area contributed by atoms with Gasteiger partial charge in [0.2, 0.25) is 0 Å². The summed E-state index contributed by atoms with van der Waals surface area (Å²) < 4.78 is 0. The normalized spacial score (nSPS) is 24.5. The molecule has 1 saturated heterocycles. The van der Waals surface area contributed by atoms with E-state index in [0.29, 0.717) is 10.6 Å². The van der Waals surface area contributed by atoms with Crippen molar-refractivity contribution >= 4 is 17.3 Å². The van der Waals surface area contributed by atoms with Crippen molar-refractivity contribution in [2.75, 3.05) is 18.0 Å². The van der Waals surface area contributed by atoms with Gasteiger partial charge in [0.05, 0.1) is 17.4 Å². The van der Waals surface area contributed by atoms with Crippen molar-refractivity contribution < 1.29 is 5.11 Å². The molecule has 1 aliphatic heterocycles. The topological polar surface area (TPSA) is 47.3 Å². The molecule has 17 heavy (non-hydrogen) atoms. The van der Waals surface area contributed by atoms with E-state index in [0.717, 1.165) is 25.2 Å². The van der Waals surface area contributed by atoms with Gasteiger partial charge in [-0.1, -0.05) is 18.5 Å². The van der Waals surface area contributed by atoms with Crippen LogP contribution in [0.15, 0.2) is 18.2 Å². The molecular weight excluding hydrogens is 236 g/mol. The molecule has 4 heteroatoms. The first-order chi connectivity index (χ1) is 8.11. The Hall–Kier alpha value is -1.24. The van der Waals surface area contributed by atoms with Crippen LogP contribution in [-0.2, 0) is 0 Å². The van der Waals surface area contributed by atoms with Crippen molar-refractivity contribution in [2.24, 2.45) is 5.92 Å². The second-order valence-electron chi connectivity index (χ2n) is 4.55. The maximum atomic E-state index is 9.71. The number of aliphatic hydroxyl groups is 1. The third kappa shape index (κ3) is 2.54. The predicted octanol–water partition coefficient (Wildman–Crippen LogP) is 2.42. The summed E-state index contributed by atoms with van der Waals surface area (Å²) in [6, 6.07) is 7.48. The molecule has 0 radical (unpaired) electrons. The number of nitriles is 1. The van der Waals surface area contributed by atoms with E-state index >= 15 is 0 Å². The van der Waals surface area contributed by atoms with Crippen LogP contribution in [0, 0.1) is 17.2 Å². The molecule has 2 atom stereocenters. The minimum atomic E-state index is -0.240. The Morgan fingerprint density at radius 2 is 2.29 bits per heavy atom. The molecule has 2 rings (SSSR count). The van der Waals surface area contributed by atoms with Crippen LogP contribution in [0.3, 0.4) is 0 Å². The van der Waals surface area contributed by atoms with E-state index in [1.165, 1.54) is 0 Å². The predicted molar refractivity (Wildman–Crippen MR) is 68.2 cm³/mol. The highest BCUT2D eigenvalue weighted by atomic mass is 35.5. The van der Waals surface area contributed by atoms with Crippen molar-refractivity contribution in [3.63, 3.8) is 0 Å². The minimum Gasteiger partial charge on any atom is -0.393 e. The van der Waals surface area contributed by atoms with Gasteiger partial charge in [0.25, 0.3) is 0 Å². The van der Waals surface area contributed by atoms with Crippen LogP contribution in [0.25, 0.3) is 0 Å². The minimum absolute atomic E-state index is 0.217. The van der Waals surface area contributed by atoms with Gasteiger partial charge in [-0.05, 0) is 30.5 Å². The number of nitrogens with zero attached hydrogens (tertiary/aromatic N) is 2. The van der Waals surface area contributed by atoms with E-state index in [9.17, 15) is 5.11 Å². The zero-order valence-electron chi connectivity index (χ0n) is 9.73. The zero-order chi connectivity index (χ0) is 12.4. The van der Waals surface area contributed by atoms with Crippen molar-refractivity contribution in [3.05, 3.63) is 28.8 Å². The molecule has 1 fully saturated rings. The highest BCUT2D eigenvalue weighted by Crippen LogP contribution is 2.28. The van der Waals surface area contributed by atoms with Gasteiger partial charge >= 0.3 is 0 Å². The average molecular weight is 251 g/mol. The number of benzene rings is 1. The Labute approximate surface area is 106 Å². The van der Waals surface area contributed by atoms with Gasteiger partial charge in [-0.2, -0.15) is 5.26 Å². The lowest BCUT2D eigenvalue weighted by Crippen LogP contribution is -2.42. The van der Waals surface area contributed by atoms with Crippen LogP contribution in [0.5, 0.6) is 0 Å². The summed E-state index contributed by atoms with van der Waals surface area (Å²) in [5.74, 6) is 0.217. The maximum Gasteiger partial charge on any atom is 0.101 e. The van der Waals surface area contributed by atoms with Gasteiger partial charge in [0.1, 0.15) is 6.07 Å². The molecule has 1 N–H and O–H groups in total. The molecule has 0 amide bonds. The molecule has 0 aromatic heterocycles. The highest BCUT2D eigenvalue weighted by molar-refractivity contribution is 6.30. The number of aliphatic hydroxyl groups excluding tert-OH is 1. The lowest BCUT2D eigenvalue weighted by molar-refractivity contribution is 0.0971. The Morgan fingerprint density at radius 3 is 2.94 bits per heavy atom. The Bertz CT molecular complexity index is 455. The molecule has 0 saturated carbocycles. The molecule has 3 nitrogen and oxygen atoms in total. The molecule has 1 aromatic rings. The lowest BCUT2D eigenvalue weighted by atomic mass is 9.96. The summed E-state index contributed by atoms with van der Waals surface area (Å²) >= 11 is 5.97. The summed E-state index contributed by atoms with van der Waals surface area (Å²) in [7, 11) is 0. The molecule has 1 heterocycles. The number of anilines is 1. The van der Waals surface area contributed by atoms with Gasteiger partial charge in [-0.3, -0.25) is 0 Å². The maximum absolute atomic E-state index is 9.71. The Balaban J connectivity index is 2.28. The van der Waals surface area contributed by atoms with E-state index in [1.807, 2.05) is 13.0 Å². The number of halogens is 1. The SMILES string of the molecule is CC1CN(c2cc(Cl)ccc2C#N)CCC1O. The largest absolute Gasteiger partial charge is 0.393 e. The molecule has 1 aliphatic rings. The van der Waals surface area contributed by atoms with Crippen LogP contribution >= 0.6 is 11.6 Å². The fourth-order valence-electron chi connectivity index (χ4n) is 2.21. The molecule has 2 unspecified atom stereocenters. The second kappa shape index (κ2) is 4.95. The first-order valence-electron chi connectivity index (χ1n) is 5.74. The summed E-state index contributed by atoms with van der Waals surface area (Å²) in [4.78, 5) is 2.13. The van der Waals surface area contributed by atoms with Crippen molar-refractivity contribution in [2.45, 2.75) is 19.4 Å². The molecule has 90 valence electrons. The Morgan fingerprint density at radius 1 is 1.53 bits per heavy atom. The summed E-state index contributed by atoms with van der Waals surface area (Å²) in [6.07, 6.45) is 0.495. The highest BCUT2D eigenvalue weighted by Gasteiger charge is 2.25. The van der Waals surface area contributed by atoms with Gasteiger partial charge in [0.15, 0.2) is 0 Å². The summed E-state index contributed by atoms with van der Waals surface area (Å²) in [6.45, 7) is 3.55. The van der Waals surface area contributed by atoms with Gasteiger partial charge < -0.3 is 10.0 Å².